The van der Waals surface area contributed by atoms with Gasteiger partial charge in [0.2, 0.25) is 5.91 Å². The number of aromatic nitrogens is 1. The zero-order valence-electron chi connectivity index (χ0n) is 12.2. The summed E-state index contributed by atoms with van der Waals surface area (Å²) in [7, 11) is 0. The minimum absolute atomic E-state index is 0.186. The molecule has 21 heavy (non-hydrogen) atoms. The molecule has 0 saturated carbocycles. The van der Waals surface area contributed by atoms with E-state index in [0.717, 1.165) is 32.4 Å². The summed E-state index contributed by atoms with van der Waals surface area (Å²) in [6, 6.07) is 0.432. The Morgan fingerprint density at radius 2 is 2.38 bits per heavy atom. The third-order valence-electron chi connectivity index (χ3n) is 3.57. The number of anilines is 1. The molecular formula is C14H21N3O4. The van der Waals surface area contributed by atoms with E-state index in [0.29, 0.717) is 25.0 Å². The topological polar surface area (TPSA) is 98.7 Å². The van der Waals surface area contributed by atoms with Crippen LogP contribution in [0, 0.1) is 5.92 Å². The molecular weight excluding hydrogens is 274 g/mol. The molecule has 1 saturated heterocycles. The Morgan fingerprint density at radius 1 is 1.57 bits per heavy atom. The van der Waals surface area contributed by atoms with Gasteiger partial charge in [0.15, 0.2) is 5.69 Å². The molecule has 0 spiro atoms. The van der Waals surface area contributed by atoms with E-state index < -0.39 is 5.97 Å². The molecule has 7 heteroatoms. The van der Waals surface area contributed by atoms with Crippen LogP contribution in [0.15, 0.2) is 10.7 Å². The SMILES string of the molecule is CCOC(=O)c1coc(N2CCC[C@H](CCC(N)=O)C2)n1. The lowest BCUT2D eigenvalue weighted by Gasteiger charge is -2.31. The third kappa shape index (κ3) is 4.21. The average molecular weight is 295 g/mol. The molecule has 2 heterocycles. The van der Waals surface area contributed by atoms with Gasteiger partial charge in [0.25, 0.3) is 6.01 Å². The van der Waals surface area contributed by atoms with Crippen LogP contribution in [-0.4, -0.2) is 36.6 Å². The van der Waals surface area contributed by atoms with Crippen molar-refractivity contribution in [2.24, 2.45) is 11.7 Å². The van der Waals surface area contributed by atoms with Gasteiger partial charge in [0.1, 0.15) is 6.26 Å². The molecule has 1 aromatic heterocycles. The first-order valence-electron chi connectivity index (χ1n) is 7.26. The minimum atomic E-state index is -0.477. The fraction of sp³-hybridized carbons (Fsp3) is 0.643. The summed E-state index contributed by atoms with van der Waals surface area (Å²) in [5.74, 6) is -0.355. The van der Waals surface area contributed by atoms with Gasteiger partial charge in [-0.15, -0.1) is 0 Å². The van der Waals surface area contributed by atoms with E-state index in [1.54, 1.807) is 6.92 Å². The largest absolute Gasteiger partial charge is 0.461 e. The number of piperidine rings is 1. The Morgan fingerprint density at radius 3 is 3.10 bits per heavy atom. The highest BCUT2D eigenvalue weighted by Crippen LogP contribution is 2.25. The van der Waals surface area contributed by atoms with Gasteiger partial charge in [-0.2, -0.15) is 4.98 Å². The highest BCUT2D eigenvalue weighted by Gasteiger charge is 2.24. The van der Waals surface area contributed by atoms with E-state index in [-0.39, 0.29) is 11.6 Å². The molecule has 0 radical (unpaired) electrons. The normalized spacial score (nSPS) is 18.5. The predicted octanol–water partition coefficient (Wildman–Crippen LogP) is 1.33. The molecule has 2 rings (SSSR count). The molecule has 1 aliphatic heterocycles. The van der Waals surface area contributed by atoms with Gasteiger partial charge in [-0.05, 0) is 32.1 Å². The molecule has 0 bridgehead atoms. The molecule has 1 amide bonds. The maximum Gasteiger partial charge on any atom is 0.360 e. The minimum Gasteiger partial charge on any atom is -0.461 e. The number of carbonyl (C=O) groups excluding carboxylic acids is 2. The number of carbonyl (C=O) groups is 2. The molecule has 1 aliphatic rings. The number of esters is 1. The average Bonchev–Trinajstić information content (AvgIpc) is 2.95. The summed E-state index contributed by atoms with van der Waals surface area (Å²) in [5.41, 5.74) is 5.37. The molecule has 0 aromatic carbocycles. The Hall–Kier alpha value is -2.05. The number of hydrogen-bond donors (Lipinski definition) is 1. The quantitative estimate of drug-likeness (QED) is 0.795. The van der Waals surface area contributed by atoms with Crippen LogP contribution in [0.1, 0.15) is 43.1 Å². The van der Waals surface area contributed by atoms with Crippen LogP contribution in [0.5, 0.6) is 0 Å². The van der Waals surface area contributed by atoms with Crippen LogP contribution >= 0.6 is 0 Å². The summed E-state index contributed by atoms with van der Waals surface area (Å²) in [4.78, 5) is 28.6. The first-order chi connectivity index (χ1) is 10.1. The number of primary amides is 1. The number of oxazole rings is 1. The molecule has 1 aromatic rings. The van der Waals surface area contributed by atoms with Gasteiger partial charge in [-0.25, -0.2) is 4.79 Å². The van der Waals surface area contributed by atoms with E-state index >= 15 is 0 Å². The van der Waals surface area contributed by atoms with Crippen molar-refractivity contribution in [3.8, 4) is 0 Å². The van der Waals surface area contributed by atoms with E-state index in [4.69, 9.17) is 14.9 Å². The van der Waals surface area contributed by atoms with E-state index in [1.807, 2.05) is 4.90 Å². The fourth-order valence-electron chi connectivity index (χ4n) is 2.53. The van der Waals surface area contributed by atoms with E-state index in [2.05, 4.69) is 4.98 Å². The number of amides is 1. The second-order valence-electron chi connectivity index (χ2n) is 5.20. The third-order valence-corrected chi connectivity index (χ3v) is 3.57. The van der Waals surface area contributed by atoms with Gasteiger partial charge in [-0.1, -0.05) is 0 Å². The highest BCUT2D eigenvalue weighted by atomic mass is 16.5. The van der Waals surface area contributed by atoms with Gasteiger partial charge < -0.3 is 19.8 Å². The van der Waals surface area contributed by atoms with Crippen LogP contribution in [-0.2, 0) is 9.53 Å². The Kier molecular flexibility index (Phi) is 5.19. The predicted molar refractivity (Wildman–Crippen MR) is 75.8 cm³/mol. The zero-order valence-corrected chi connectivity index (χ0v) is 12.2. The fourth-order valence-corrected chi connectivity index (χ4v) is 2.53. The molecule has 0 unspecified atom stereocenters. The highest BCUT2D eigenvalue weighted by molar-refractivity contribution is 5.87. The molecule has 116 valence electrons. The van der Waals surface area contributed by atoms with Crippen molar-refractivity contribution in [2.45, 2.75) is 32.6 Å². The number of ether oxygens (including phenoxy) is 1. The smallest absolute Gasteiger partial charge is 0.360 e. The summed E-state index contributed by atoms with van der Waals surface area (Å²) >= 11 is 0. The summed E-state index contributed by atoms with van der Waals surface area (Å²) in [6.45, 7) is 3.64. The van der Waals surface area contributed by atoms with Gasteiger partial charge >= 0.3 is 5.97 Å². The lowest BCUT2D eigenvalue weighted by molar-refractivity contribution is -0.118. The first-order valence-corrected chi connectivity index (χ1v) is 7.26. The number of nitrogens with zero attached hydrogens (tertiary/aromatic N) is 2. The standard InChI is InChI=1S/C14H21N3O4/c1-2-20-13(19)11-9-21-14(16-11)17-7-3-4-10(8-17)5-6-12(15)18/h9-10H,2-8H2,1H3,(H2,15,18)/t10-/m1/s1. The van der Waals surface area contributed by atoms with Crippen LogP contribution in [0.2, 0.25) is 0 Å². The number of hydrogen-bond acceptors (Lipinski definition) is 6. The molecule has 0 aliphatic carbocycles. The zero-order chi connectivity index (χ0) is 15.2. The lowest BCUT2D eigenvalue weighted by atomic mass is 9.93. The number of rotatable bonds is 6. The summed E-state index contributed by atoms with van der Waals surface area (Å²) in [6.07, 6.45) is 4.56. The van der Waals surface area contributed by atoms with Crippen molar-refractivity contribution in [3.63, 3.8) is 0 Å². The second kappa shape index (κ2) is 7.10. The number of nitrogens with two attached hydrogens (primary N) is 1. The maximum absolute atomic E-state index is 11.6. The summed E-state index contributed by atoms with van der Waals surface area (Å²) < 4.78 is 10.3. The van der Waals surface area contributed by atoms with Gasteiger partial charge in [0.05, 0.1) is 6.61 Å². The monoisotopic (exact) mass is 295 g/mol. The molecule has 1 fully saturated rings. The Balaban J connectivity index is 1.94. The van der Waals surface area contributed by atoms with Crippen LogP contribution in [0.25, 0.3) is 0 Å². The lowest BCUT2D eigenvalue weighted by Crippen LogP contribution is -2.36. The van der Waals surface area contributed by atoms with Crippen molar-refractivity contribution in [3.05, 3.63) is 12.0 Å². The van der Waals surface area contributed by atoms with E-state index in [9.17, 15) is 9.59 Å². The van der Waals surface area contributed by atoms with Gasteiger partial charge in [0, 0.05) is 19.5 Å². The maximum atomic E-state index is 11.6. The molecule has 7 nitrogen and oxygen atoms in total. The Bertz CT molecular complexity index is 500. The van der Waals surface area contributed by atoms with Crippen molar-refractivity contribution in [1.82, 2.24) is 4.98 Å². The second-order valence-corrected chi connectivity index (χ2v) is 5.20. The van der Waals surface area contributed by atoms with E-state index in [1.165, 1.54) is 6.26 Å². The van der Waals surface area contributed by atoms with Crippen molar-refractivity contribution in [2.75, 3.05) is 24.6 Å². The van der Waals surface area contributed by atoms with Crippen molar-refractivity contribution in [1.29, 1.82) is 0 Å². The first kappa shape index (κ1) is 15.3. The van der Waals surface area contributed by atoms with Crippen LogP contribution in [0.4, 0.5) is 6.01 Å². The summed E-state index contributed by atoms with van der Waals surface area (Å²) in [5, 5.41) is 0. The Labute approximate surface area is 123 Å². The van der Waals surface area contributed by atoms with Gasteiger partial charge in [-0.3, -0.25) is 4.79 Å². The van der Waals surface area contributed by atoms with Crippen molar-refractivity contribution >= 4 is 17.9 Å². The molecule has 2 N–H and O–H groups in total. The van der Waals surface area contributed by atoms with Crippen molar-refractivity contribution < 1.29 is 18.7 Å². The van der Waals surface area contributed by atoms with Crippen LogP contribution < -0.4 is 10.6 Å². The van der Waals surface area contributed by atoms with Crippen LogP contribution in [0.3, 0.4) is 0 Å². The molecule has 1 atom stereocenters.